The molecule has 3 rings (SSSR count). The molecule has 0 atom stereocenters. The van der Waals surface area contributed by atoms with E-state index < -0.39 is 21.9 Å². The lowest BCUT2D eigenvalue weighted by molar-refractivity contribution is -0.116. The number of ether oxygens (including phenoxy) is 2. The Bertz CT molecular complexity index is 993. The number of hydrogen-bond acceptors (Lipinski definition) is 5. The molecule has 0 radical (unpaired) electrons. The zero-order valence-corrected chi connectivity index (χ0v) is 17.6. The van der Waals surface area contributed by atoms with Crippen LogP contribution in [0.2, 0.25) is 0 Å². The Labute approximate surface area is 175 Å². The van der Waals surface area contributed by atoms with Gasteiger partial charge in [-0.1, -0.05) is 18.2 Å². The van der Waals surface area contributed by atoms with E-state index in [1.54, 1.807) is 36.4 Å². The Morgan fingerprint density at radius 1 is 1.07 bits per heavy atom. The monoisotopic (exact) mass is 437 g/mol. The molecule has 8 nitrogen and oxygen atoms in total. The Morgan fingerprint density at radius 3 is 2.33 bits per heavy atom. The molecule has 1 fully saturated rings. The summed E-state index contributed by atoms with van der Waals surface area (Å²) in [7, 11) is -0.921. The molecule has 10 heteroatoms. The summed E-state index contributed by atoms with van der Waals surface area (Å²) in [6.07, 6.45) is 0.536. The summed E-state index contributed by atoms with van der Waals surface area (Å²) in [6.45, 7) is 0.0443. The molecule has 162 valence electrons. The third kappa shape index (κ3) is 5.07. The molecule has 30 heavy (non-hydrogen) atoms. The molecule has 1 heterocycles. The summed E-state index contributed by atoms with van der Waals surface area (Å²) in [6, 6.07) is 10.9. The van der Waals surface area contributed by atoms with Gasteiger partial charge in [0, 0.05) is 49.1 Å². The molecular weight excluding hydrogens is 413 g/mol. The van der Waals surface area contributed by atoms with Gasteiger partial charge >= 0.3 is 0 Å². The van der Waals surface area contributed by atoms with Crippen molar-refractivity contribution in [2.45, 2.75) is 13.0 Å². The van der Waals surface area contributed by atoms with E-state index in [4.69, 9.17) is 9.47 Å². The minimum Gasteiger partial charge on any atom is -0.497 e. The number of amides is 1. The molecular formula is C20H24FN3O5S. The van der Waals surface area contributed by atoms with Gasteiger partial charge in [0.25, 0.3) is 10.2 Å². The van der Waals surface area contributed by atoms with Crippen molar-refractivity contribution in [3.8, 4) is 11.5 Å². The van der Waals surface area contributed by atoms with Crippen LogP contribution >= 0.6 is 0 Å². The number of rotatable bonds is 7. The largest absolute Gasteiger partial charge is 0.497 e. The molecule has 0 aliphatic carbocycles. The van der Waals surface area contributed by atoms with Crippen molar-refractivity contribution in [3.05, 3.63) is 53.8 Å². The third-order valence-electron chi connectivity index (χ3n) is 4.73. The lowest BCUT2D eigenvalue weighted by Gasteiger charge is -2.34. The number of carbonyl (C=O) groups excluding carboxylic acids is 1. The van der Waals surface area contributed by atoms with Crippen LogP contribution in [0.3, 0.4) is 0 Å². The zero-order valence-electron chi connectivity index (χ0n) is 16.8. The highest BCUT2D eigenvalue weighted by Crippen LogP contribution is 2.26. The van der Waals surface area contributed by atoms with Crippen LogP contribution in [0.25, 0.3) is 0 Å². The lowest BCUT2D eigenvalue weighted by atomic mass is 10.2. The fourth-order valence-electron chi connectivity index (χ4n) is 3.20. The fraction of sp³-hybridized carbons (Fsp3) is 0.350. The van der Waals surface area contributed by atoms with Crippen LogP contribution in [-0.4, -0.2) is 56.8 Å². The fourth-order valence-corrected chi connectivity index (χ4v) is 4.82. The Kier molecular flexibility index (Phi) is 6.91. The first-order valence-corrected chi connectivity index (χ1v) is 10.7. The maximum absolute atomic E-state index is 13.9. The van der Waals surface area contributed by atoms with Crippen LogP contribution < -0.4 is 14.8 Å². The molecule has 1 aliphatic heterocycles. The van der Waals surface area contributed by atoms with Gasteiger partial charge in [-0.15, -0.1) is 0 Å². The van der Waals surface area contributed by atoms with E-state index in [1.165, 1.54) is 24.6 Å². The molecule has 1 amide bonds. The Hall–Kier alpha value is -2.69. The van der Waals surface area contributed by atoms with Gasteiger partial charge < -0.3 is 14.8 Å². The Morgan fingerprint density at radius 2 is 1.70 bits per heavy atom. The molecule has 2 aromatic carbocycles. The number of nitrogens with zero attached hydrogens (tertiary/aromatic N) is 2. The van der Waals surface area contributed by atoms with Crippen LogP contribution in [0, 0.1) is 5.82 Å². The molecule has 0 aromatic heterocycles. The summed E-state index contributed by atoms with van der Waals surface area (Å²) < 4.78 is 52.4. The Balaban J connectivity index is 1.70. The van der Waals surface area contributed by atoms with Crippen LogP contribution in [-0.2, 0) is 21.5 Å². The number of methoxy groups -OCH3 is 2. The van der Waals surface area contributed by atoms with Gasteiger partial charge in [0.1, 0.15) is 17.3 Å². The zero-order chi connectivity index (χ0) is 21.7. The molecule has 1 saturated heterocycles. The van der Waals surface area contributed by atoms with Gasteiger partial charge in [-0.05, 0) is 12.5 Å². The van der Waals surface area contributed by atoms with E-state index in [1.807, 2.05) is 0 Å². The standard InChI is InChI=1S/C20H24FN3O5S/c1-28-17-10-16(11-18(12-17)29-2)22-20(25)14-24-9-5-8-23(30(24,26)27)13-15-6-3-4-7-19(15)21/h3-4,6-7,10-12H,5,8-9,13-14H2,1-2H3,(H,22,25). The number of hydrogen-bond donors (Lipinski definition) is 1. The van der Waals surface area contributed by atoms with Crippen molar-refractivity contribution in [2.24, 2.45) is 0 Å². The van der Waals surface area contributed by atoms with Crippen molar-refractivity contribution >= 4 is 21.8 Å². The second-order valence-corrected chi connectivity index (χ2v) is 8.70. The van der Waals surface area contributed by atoms with E-state index in [2.05, 4.69) is 5.32 Å². The number of benzene rings is 2. The predicted molar refractivity (Wildman–Crippen MR) is 110 cm³/mol. The number of anilines is 1. The molecule has 1 N–H and O–H groups in total. The molecule has 0 saturated carbocycles. The second kappa shape index (κ2) is 9.41. The number of nitrogens with one attached hydrogen (secondary N) is 1. The van der Waals surface area contributed by atoms with E-state index >= 15 is 0 Å². The third-order valence-corrected chi connectivity index (χ3v) is 6.66. The van der Waals surface area contributed by atoms with Gasteiger partial charge in [-0.3, -0.25) is 4.79 Å². The minimum absolute atomic E-state index is 0.0831. The van der Waals surface area contributed by atoms with Crippen LogP contribution in [0.4, 0.5) is 10.1 Å². The minimum atomic E-state index is -3.90. The van der Waals surface area contributed by atoms with Gasteiger partial charge in [0.05, 0.1) is 20.8 Å². The van der Waals surface area contributed by atoms with E-state index in [0.717, 1.165) is 4.31 Å². The van der Waals surface area contributed by atoms with Gasteiger partial charge in [-0.2, -0.15) is 17.0 Å². The average molecular weight is 437 g/mol. The van der Waals surface area contributed by atoms with Crippen molar-refractivity contribution in [1.82, 2.24) is 8.61 Å². The van der Waals surface area contributed by atoms with Gasteiger partial charge in [0.2, 0.25) is 5.91 Å². The normalized spacial score (nSPS) is 16.8. The van der Waals surface area contributed by atoms with Crippen molar-refractivity contribution in [1.29, 1.82) is 0 Å². The topological polar surface area (TPSA) is 88.2 Å². The highest BCUT2D eigenvalue weighted by atomic mass is 32.2. The molecule has 1 aliphatic rings. The lowest BCUT2D eigenvalue weighted by Crippen LogP contribution is -2.51. The maximum Gasteiger partial charge on any atom is 0.282 e. The van der Waals surface area contributed by atoms with Crippen molar-refractivity contribution in [3.63, 3.8) is 0 Å². The first-order chi connectivity index (χ1) is 14.3. The first-order valence-electron chi connectivity index (χ1n) is 9.35. The molecule has 0 unspecified atom stereocenters. The SMILES string of the molecule is COc1cc(NC(=O)CN2CCCN(Cc3ccccc3F)S2(=O)=O)cc(OC)c1. The van der Waals surface area contributed by atoms with E-state index in [9.17, 15) is 17.6 Å². The van der Waals surface area contributed by atoms with Crippen LogP contribution in [0.15, 0.2) is 42.5 Å². The second-order valence-electron chi connectivity index (χ2n) is 6.77. The predicted octanol–water partition coefficient (Wildman–Crippen LogP) is 2.23. The average Bonchev–Trinajstić information content (AvgIpc) is 2.72. The van der Waals surface area contributed by atoms with Gasteiger partial charge in [0.15, 0.2) is 0 Å². The summed E-state index contributed by atoms with van der Waals surface area (Å²) >= 11 is 0. The maximum atomic E-state index is 13.9. The first kappa shape index (κ1) is 22.0. The highest BCUT2D eigenvalue weighted by molar-refractivity contribution is 7.86. The molecule has 0 bridgehead atoms. The van der Waals surface area contributed by atoms with Crippen LogP contribution in [0.5, 0.6) is 11.5 Å². The molecule has 0 spiro atoms. The summed E-state index contributed by atoms with van der Waals surface area (Å²) in [4.78, 5) is 12.5. The van der Waals surface area contributed by atoms with E-state index in [0.29, 0.717) is 23.6 Å². The quantitative estimate of drug-likeness (QED) is 0.718. The van der Waals surface area contributed by atoms with Crippen LogP contribution in [0.1, 0.15) is 12.0 Å². The van der Waals surface area contributed by atoms with Gasteiger partial charge in [-0.25, -0.2) is 4.39 Å². The van der Waals surface area contributed by atoms with Crippen molar-refractivity contribution < 1.29 is 27.1 Å². The number of carbonyl (C=O) groups is 1. The number of halogens is 1. The van der Waals surface area contributed by atoms with Crippen molar-refractivity contribution in [2.75, 3.05) is 39.2 Å². The van der Waals surface area contributed by atoms with E-state index in [-0.39, 0.29) is 31.7 Å². The summed E-state index contributed by atoms with van der Waals surface area (Å²) in [5, 5.41) is 2.67. The summed E-state index contributed by atoms with van der Waals surface area (Å²) in [5.41, 5.74) is 0.713. The molecule has 2 aromatic rings. The smallest absolute Gasteiger partial charge is 0.282 e. The summed E-state index contributed by atoms with van der Waals surface area (Å²) in [5.74, 6) is 0.0220. The highest BCUT2D eigenvalue weighted by Gasteiger charge is 2.35.